The minimum atomic E-state index is -0.460. The number of rotatable bonds is 3. The maximum Gasteiger partial charge on any atom is 0.313 e. The van der Waals surface area contributed by atoms with E-state index in [-0.39, 0.29) is 23.4 Å². The Labute approximate surface area is 135 Å². The highest BCUT2D eigenvalue weighted by Crippen LogP contribution is 2.38. The van der Waals surface area contributed by atoms with E-state index in [4.69, 9.17) is 4.74 Å². The Balaban J connectivity index is 1.99. The second-order valence-corrected chi connectivity index (χ2v) is 6.14. The highest BCUT2D eigenvalue weighted by atomic mass is 16.6. The van der Waals surface area contributed by atoms with Gasteiger partial charge in [0.2, 0.25) is 5.91 Å². The molecule has 23 heavy (non-hydrogen) atoms. The maximum atomic E-state index is 12.9. The molecule has 124 valence electrons. The molecule has 7 heteroatoms. The van der Waals surface area contributed by atoms with Gasteiger partial charge < -0.3 is 9.64 Å². The van der Waals surface area contributed by atoms with Crippen LogP contribution in [-0.2, 0) is 11.2 Å². The molecule has 1 aromatic rings. The lowest BCUT2D eigenvalue weighted by molar-refractivity contribution is -0.385. The van der Waals surface area contributed by atoms with E-state index in [9.17, 15) is 14.9 Å². The number of likely N-dealkylation sites (tertiary alicyclic amines) is 1. The second kappa shape index (κ2) is 6.16. The van der Waals surface area contributed by atoms with Crippen LogP contribution in [0, 0.1) is 10.1 Å². The fourth-order valence-corrected chi connectivity index (χ4v) is 3.54. The molecule has 2 aliphatic heterocycles. The van der Waals surface area contributed by atoms with Crippen LogP contribution in [0.25, 0.3) is 0 Å². The molecule has 0 bridgehead atoms. The van der Waals surface area contributed by atoms with Gasteiger partial charge in [0.25, 0.3) is 0 Å². The Morgan fingerprint density at radius 3 is 2.74 bits per heavy atom. The van der Waals surface area contributed by atoms with Gasteiger partial charge in [-0.1, -0.05) is 0 Å². The molecule has 1 amide bonds. The van der Waals surface area contributed by atoms with Crippen LogP contribution in [0.4, 0.5) is 11.4 Å². The Bertz CT molecular complexity index is 646. The molecular weight excluding hydrogens is 298 g/mol. The number of nitro groups is 1. The Morgan fingerprint density at radius 1 is 1.35 bits per heavy atom. The summed E-state index contributed by atoms with van der Waals surface area (Å²) in [5, 5.41) is 11.3. The number of aryl methyl sites for hydroxylation is 1. The summed E-state index contributed by atoms with van der Waals surface area (Å²) < 4.78 is 5.13. The average Bonchev–Trinajstić information content (AvgIpc) is 2.98. The first-order chi connectivity index (χ1) is 11.0. The highest BCUT2D eigenvalue weighted by molar-refractivity contribution is 5.99. The lowest BCUT2D eigenvalue weighted by Crippen LogP contribution is -2.46. The van der Waals surface area contributed by atoms with Gasteiger partial charge in [-0.15, -0.1) is 0 Å². The first-order valence-electron chi connectivity index (χ1n) is 7.90. The molecule has 1 saturated heterocycles. The highest BCUT2D eigenvalue weighted by Gasteiger charge is 2.35. The van der Waals surface area contributed by atoms with Crippen LogP contribution in [0.3, 0.4) is 0 Å². The zero-order valence-electron chi connectivity index (χ0n) is 13.4. The second-order valence-electron chi connectivity index (χ2n) is 6.14. The minimum absolute atomic E-state index is 0.0467. The van der Waals surface area contributed by atoms with Crippen LogP contribution in [0.2, 0.25) is 0 Å². The number of anilines is 1. The summed E-state index contributed by atoms with van der Waals surface area (Å²) in [4.78, 5) is 27.5. The fraction of sp³-hybridized carbons (Fsp3) is 0.562. The molecule has 0 unspecified atom stereocenters. The lowest BCUT2D eigenvalue weighted by atomic mass is 9.99. The van der Waals surface area contributed by atoms with E-state index in [2.05, 4.69) is 4.90 Å². The van der Waals surface area contributed by atoms with Crippen molar-refractivity contribution in [3.63, 3.8) is 0 Å². The van der Waals surface area contributed by atoms with Gasteiger partial charge in [0, 0.05) is 12.6 Å². The number of hydrogen-bond donors (Lipinski definition) is 0. The van der Waals surface area contributed by atoms with Gasteiger partial charge in [0.1, 0.15) is 0 Å². The third-order valence-corrected chi connectivity index (χ3v) is 4.77. The van der Waals surface area contributed by atoms with E-state index in [1.165, 1.54) is 13.2 Å². The van der Waals surface area contributed by atoms with Crippen molar-refractivity contribution in [3.8, 4) is 5.75 Å². The smallest absolute Gasteiger partial charge is 0.313 e. The number of benzene rings is 1. The fourth-order valence-electron chi connectivity index (χ4n) is 3.54. The number of nitro benzene ring substituents is 1. The van der Waals surface area contributed by atoms with Gasteiger partial charge >= 0.3 is 5.69 Å². The molecule has 1 fully saturated rings. The molecule has 0 saturated carbocycles. The lowest BCUT2D eigenvalue weighted by Gasteiger charge is -2.33. The molecule has 2 aliphatic rings. The van der Waals surface area contributed by atoms with Crippen LogP contribution in [-0.4, -0.2) is 49.0 Å². The third-order valence-electron chi connectivity index (χ3n) is 4.77. The van der Waals surface area contributed by atoms with Gasteiger partial charge in [-0.25, -0.2) is 0 Å². The van der Waals surface area contributed by atoms with Crippen molar-refractivity contribution >= 4 is 17.3 Å². The molecule has 1 aromatic carbocycles. The molecule has 1 atom stereocenters. The zero-order valence-corrected chi connectivity index (χ0v) is 13.4. The SMILES string of the molecule is COc1cc2c(cc1[N+](=O)[O-])N(C(=O)[C@H]1CCCN1C)CCC2. The number of carbonyl (C=O) groups is 1. The molecule has 0 radical (unpaired) electrons. The molecular formula is C16H21N3O4. The number of fused-ring (bicyclic) bond motifs is 1. The standard InChI is InChI=1S/C16H21N3O4/c1-17-7-4-6-12(17)16(20)18-8-3-5-11-9-15(23-2)14(19(21)22)10-13(11)18/h9-10,12H,3-8H2,1-2H3/t12-/m1/s1. The summed E-state index contributed by atoms with van der Waals surface area (Å²) in [6.07, 6.45) is 3.51. The average molecular weight is 319 g/mol. The van der Waals surface area contributed by atoms with Crippen molar-refractivity contribution < 1.29 is 14.5 Å². The van der Waals surface area contributed by atoms with E-state index in [0.29, 0.717) is 12.2 Å². The van der Waals surface area contributed by atoms with Crippen molar-refractivity contribution in [2.75, 3.05) is 32.1 Å². The van der Waals surface area contributed by atoms with Crippen LogP contribution in [0.5, 0.6) is 5.75 Å². The molecule has 0 spiro atoms. The number of methoxy groups -OCH3 is 1. The Hall–Kier alpha value is -2.15. The monoisotopic (exact) mass is 319 g/mol. The van der Waals surface area contributed by atoms with E-state index >= 15 is 0 Å². The number of ether oxygens (including phenoxy) is 1. The summed E-state index contributed by atoms with van der Waals surface area (Å²) in [6, 6.07) is 3.06. The van der Waals surface area contributed by atoms with Gasteiger partial charge in [-0.05, 0) is 50.9 Å². The first kappa shape index (κ1) is 15.7. The molecule has 2 heterocycles. The minimum Gasteiger partial charge on any atom is -0.490 e. The van der Waals surface area contributed by atoms with Crippen molar-refractivity contribution in [1.82, 2.24) is 4.90 Å². The Morgan fingerprint density at radius 2 is 2.13 bits per heavy atom. The molecule has 0 aliphatic carbocycles. The van der Waals surface area contributed by atoms with Crippen LogP contribution < -0.4 is 9.64 Å². The number of hydrogen-bond acceptors (Lipinski definition) is 5. The number of carbonyl (C=O) groups excluding carboxylic acids is 1. The van der Waals surface area contributed by atoms with Gasteiger partial charge in [0.05, 0.1) is 23.8 Å². The van der Waals surface area contributed by atoms with Crippen LogP contribution >= 0.6 is 0 Å². The largest absolute Gasteiger partial charge is 0.490 e. The van der Waals surface area contributed by atoms with Crippen LogP contribution in [0.15, 0.2) is 12.1 Å². The van der Waals surface area contributed by atoms with Gasteiger partial charge in [-0.3, -0.25) is 19.8 Å². The van der Waals surface area contributed by atoms with E-state index in [1.807, 2.05) is 7.05 Å². The van der Waals surface area contributed by atoms with E-state index in [0.717, 1.165) is 37.8 Å². The van der Waals surface area contributed by atoms with E-state index in [1.54, 1.807) is 11.0 Å². The normalized spacial score (nSPS) is 21.1. The third kappa shape index (κ3) is 2.76. The summed E-state index contributed by atoms with van der Waals surface area (Å²) >= 11 is 0. The first-order valence-corrected chi connectivity index (χ1v) is 7.90. The molecule has 0 N–H and O–H groups in total. The van der Waals surface area contributed by atoms with Crippen LogP contribution in [0.1, 0.15) is 24.8 Å². The van der Waals surface area contributed by atoms with Gasteiger partial charge in [0.15, 0.2) is 5.75 Å². The van der Waals surface area contributed by atoms with Crippen molar-refractivity contribution in [1.29, 1.82) is 0 Å². The summed E-state index contributed by atoms with van der Waals surface area (Å²) in [5.41, 5.74) is 1.51. The maximum absolute atomic E-state index is 12.9. The number of nitrogens with zero attached hydrogens (tertiary/aromatic N) is 3. The van der Waals surface area contributed by atoms with Crippen molar-refractivity contribution in [3.05, 3.63) is 27.8 Å². The quantitative estimate of drug-likeness (QED) is 0.629. The summed E-state index contributed by atoms with van der Waals surface area (Å²) in [6.45, 7) is 1.53. The molecule has 0 aromatic heterocycles. The Kier molecular flexibility index (Phi) is 4.21. The molecule has 7 nitrogen and oxygen atoms in total. The van der Waals surface area contributed by atoms with Gasteiger partial charge in [-0.2, -0.15) is 0 Å². The number of likely N-dealkylation sites (N-methyl/N-ethyl adjacent to an activating group) is 1. The predicted octanol–water partition coefficient (Wildman–Crippen LogP) is 1.98. The topological polar surface area (TPSA) is 75.9 Å². The summed E-state index contributed by atoms with van der Waals surface area (Å²) in [7, 11) is 3.38. The summed E-state index contributed by atoms with van der Waals surface area (Å²) in [5.74, 6) is 0.298. The van der Waals surface area contributed by atoms with Crippen molar-refractivity contribution in [2.45, 2.75) is 31.7 Å². The zero-order chi connectivity index (χ0) is 16.6. The molecule has 3 rings (SSSR count). The van der Waals surface area contributed by atoms with Crippen molar-refractivity contribution in [2.24, 2.45) is 0 Å². The number of amides is 1. The van der Waals surface area contributed by atoms with E-state index < -0.39 is 4.92 Å². The predicted molar refractivity (Wildman–Crippen MR) is 86.0 cm³/mol.